The molecule has 2 saturated carbocycles. The second-order valence-corrected chi connectivity index (χ2v) is 6.71. The maximum atomic E-state index is 12.3. The van der Waals surface area contributed by atoms with E-state index in [2.05, 4.69) is 5.32 Å². The Balaban J connectivity index is 1.63. The van der Waals surface area contributed by atoms with E-state index in [9.17, 15) is 4.79 Å². The Labute approximate surface area is 120 Å². The van der Waals surface area contributed by atoms with Crippen molar-refractivity contribution < 1.29 is 4.79 Å². The minimum atomic E-state index is 0.162. The normalized spacial score (nSPS) is 27.8. The molecule has 2 aliphatic carbocycles. The van der Waals surface area contributed by atoms with Gasteiger partial charge in [0, 0.05) is 17.8 Å². The SMILES string of the molecule is Cc1cc(NC(=O)CC2CC3CCC2C3)c(C)cc1N. The number of carbonyl (C=O) groups excluding carboxylic acids is 1. The van der Waals surface area contributed by atoms with Crippen molar-refractivity contribution in [3.8, 4) is 0 Å². The molecule has 3 heteroatoms. The van der Waals surface area contributed by atoms with Crippen LogP contribution in [0.2, 0.25) is 0 Å². The van der Waals surface area contributed by atoms with Crippen LogP contribution in [0.5, 0.6) is 0 Å². The van der Waals surface area contributed by atoms with Gasteiger partial charge in [0.15, 0.2) is 0 Å². The molecule has 1 aromatic carbocycles. The zero-order chi connectivity index (χ0) is 14.3. The lowest BCUT2D eigenvalue weighted by molar-refractivity contribution is -0.117. The summed E-state index contributed by atoms with van der Waals surface area (Å²) in [6, 6.07) is 3.91. The van der Waals surface area contributed by atoms with Crippen molar-refractivity contribution in [2.75, 3.05) is 11.1 Å². The summed E-state index contributed by atoms with van der Waals surface area (Å²) in [6.07, 6.45) is 6.03. The Bertz CT molecular complexity index is 538. The second-order valence-electron chi connectivity index (χ2n) is 6.71. The van der Waals surface area contributed by atoms with Crippen molar-refractivity contribution in [2.45, 2.75) is 46.0 Å². The van der Waals surface area contributed by atoms with Crippen LogP contribution in [0.4, 0.5) is 11.4 Å². The molecule has 1 aromatic rings. The molecular weight excluding hydrogens is 248 g/mol. The predicted molar refractivity (Wildman–Crippen MR) is 82.5 cm³/mol. The quantitative estimate of drug-likeness (QED) is 0.825. The number of anilines is 2. The van der Waals surface area contributed by atoms with Gasteiger partial charge in [-0.15, -0.1) is 0 Å². The highest BCUT2D eigenvalue weighted by molar-refractivity contribution is 5.92. The number of nitrogen functional groups attached to an aromatic ring is 1. The molecule has 3 unspecified atom stereocenters. The molecule has 1 amide bonds. The topological polar surface area (TPSA) is 55.1 Å². The maximum Gasteiger partial charge on any atom is 0.224 e. The number of nitrogens with one attached hydrogen (secondary N) is 1. The number of nitrogens with two attached hydrogens (primary N) is 1. The molecular formula is C17H24N2O. The van der Waals surface area contributed by atoms with E-state index >= 15 is 0 Å². The first kappa shape index (κ1) is 13.5. The van der Waals surface area contributed by atoms with Gasteiger partial charge in [-0.05, 0) is 74.1 Å². The number of aryl methyl sites for hydroxylation is 2. The van der Waals surface area contributed by atoms with Crippen LogP contribution in [0.25, 0.3) is 0 Å². The lowest BCUT2D eigenvalue weighted by Crippen LogP contribution is -2.20. The lowest BCUT2D eigenvalue weighted by atomic mass is 9.86. The summed E-state index contributed by atoms with van der Waals surface area (Å²) in [5.74, 6) is 2.48. The van der Waals surface area contributed by atoms with Gasteiger partial charge in [0.1, 0.15) is 0 Å². The minimum Gasteiger partial charge on any atom is -0.399 e. The molecule has 2 bridgehead atoms. The van der Waals surface area contributed by atoms with Crippen LogP contribution in [-0.2, 0) is 4.79 Å². The van der Waals surface area contributed by atoms with Crippen molar-refractivity contribution in [1.29, 1.82) is 0 Å². The second kappa shape index (κ2) is 5.12. The van der Waals surface area contributed by atoms with Gasteiger partial charge in [-0.3, -0.25) is 4.79 Å². The Hall–Kier alpha value is -1.51. The molecule has 2 aliphatic rings. The largest absolute Gasteiger partial charge is 0.399 e. The summed E-state index contributed by atoms with van der Waals surface area (Å²) in [5.41, 5.74) is 9.63. The third-order valence-corrected chi connectivity index (χ3v) is 5.22. The molecule has 0 spiro atoms. The van der Waals surface area contributed by atoms with Crippen molar-refractivity contribution in [2.24, 2.45) is 17.8 Å². The smallest absolute Gasteiger partial charge is 0.224 e. The van der Waals surface area contributed by atoms with E-state index in [1.54, 1.807) is 0 Å². The number of carbonyl (C=O) groups is 1. The molecule has 3 rings (SSSR count). The number of hydrogen-bond donors (Lipinski definition) is 2. The van der Waals surface area contributed by atoms with Gasteiger partial charge in [-0.25, -0.2) is 0 Å². The zero-order valence-corrected chi connectivity index (χ0v) is 12.4. The van der Waals surface area contributed by atoms with Crippen LogP contribution >= 0.6 is 0 Å². The number of rotatable bonds is 3. The first-order valence-corrected chi connectivity index (χ1v) is 7.69. The zero-order valence-electron chi connectivity index (χ0n) is 12.4. The monoisotopic (exact) mass is 272 g/mol. The fourth-order valence-electron chi connectivity index (χ4n) is 4.04. The third-order valence-electron chi connectivity index (χ3n) is 5.22. The van der Waals surface area contributed by atoms with E-state index in [0.717, 1.165) is 34.3 Å². The van der Waals surface area contributed by atoms with Gasteiger partial charge in [0.25, 0.3) is 0 Å². The Morgan fingerprint density at radius 1 is 1.25 bits per heavy atom. The lowest BCUT2D eigenvalue weighted by Gasteiger charge is -2.21. The summed E-state index contributed by atoms with van der Waals surface area (Å²) in [5, 5.41) is 3.07. The Kier molecular flexibility index (Phi) is 3.45. The predicted octanol–water partition coefficient (Wildman–Crippen LogP) is 3.65. The molecule has 0 saturated heterocycles. The van der Waals surface area contributed by atoms with Gasteiger partial charge in [-0.1, -0.05) is 6.42 Å². The van der Waals surface area contributed by atoms with Gasteiger partial charge >= 0.3 is 0 Å². The van der Waals surface area contributed by atoms with E-state index in [-0.39, 0.29) is 5.91 Å². The molecule has 108 valence electrons. The highest BCUT2D eigenvalue weighted by atomic mass is 16.1. The molecule has 0 heterocycles. The van der Waals surface area contributed by atoms with Gasteiger partial charge < -0.3 is 11.1 Å². The van der Waals surface area contributed by atoms with Gasteiger partial charge in [0.2, 0.25) is 5.91 Å². The molecule has 0 radical (unpaired) electrons. The number of amides is 1. The van der Waals surface area contributed by atoms with Gasteiger partial charge in [-0.2, -0.15) is 0 Å². The van der Waals surface area contributed by atoms with E-state index in [0.29, 0.717) is 12.3 Å². The first-order valence-electron chi connectivity index (χ1n) is 7.69. The first-order chi connectivity index (χ1) is 9.52. The van der Waals surface area contributed by atoms with Crippen LogP contribution in [0.15, 0.2) is 12.1 Å². The van der Waals surface area contributed by atoms with Gasteiger partial charge in [0.05, 0.1) is 0 Å². The summed E-state index contributed by atoms with van der Waals surface area (Å²) < 4.78 is 0. The fourth-order valence-corrected chi connectivity index (χ4v) is 4.04. The molecule has 2 fully saturated rings. The molecule has 0 aromatic heterocycles. The average molecular weight is 272 g/mol. The minimum absolute atomic E-state index is 0.162. The Morgan fingerprint density at radius 2 is 2.05 bits per heavy atom. The van der Waals surface area contributed by atoms with Crippen LogP contribution in [0, 0.1) is 31.6 Å². The maximum absolute atomic E-state index is 12.3. The molecule has 3 N–H and O–H groups in total. The number of fused-ring (bicyclic) bond motifs is 2. The molecule has 20 heavy (non-hydrogen) atoms. The number of hydrogen-bond acceptors (Lipinski definition) is 2. The fraction of sp³-hybridized carbons (Fsp3) is 0.588. The summed E-state index contributed by atoms with van der Waals surface area (Å²) in [4.78, 5) is 12.3. The van der Waals surface area contributed by atoms with Crippen molar-refractivity contribution in [1.82, 2.24) is 0 Å². The van der Waals surface area contributed by atoms with E-state index < -0.39 is 0 Å². The summed E-state index contributed by atoms with van der Waals surface area (Å²) in [7, 11) is 0. The standard InChI is InChI=1S/C17H24N2O/c1-10-6-16(11(2)5-15(10)18)19-17(20)9-14-8-12-3-4-13(14)7-12/h5-6,12-14H,3-4,7-9,18H2,1-2H3,(H,19,20). The average Bonchev–Trinajstić information content (AvgIpc) is 2.98. The number of benzene rings is 1. The van der Waals surface area contributed by atoms with Crippen LogP contribution < -0.4 is 11.1 Å². The highest BCUT2D eigenvalue weighted by Gasteiger charge is 2.40. The van der Waals surface area contributed by atoms with Crippen molar-refractivity contribution in [3.05, 3.63) is 23.3 Å². The molecule has 0 aliphatic heterocycles. The van der Waals surface area contributed by atoms with Crippen molar-refractivity contribution in [3.63, 3.8) is 0 Å². The molecule has 3 atom stereocenters. The Morgan fingerprint density at radius 3 is 2.70 bits per heavy atom. The van der Waals surface area contributed by atoms with Crippen LogP contribution in [0.1, 0.15) is 43.2 Å². The molecule has 3 nitrogen and oxygen atoms in total. The summed E-state index contributed by atoms with van der Waals surface area (Å²) in [6.45, 7) is 3.96. The highest BCUT2D eigenvalue weighted by Crippen LogP contribution is 2.49. The van der Waals surface area contributed by atoms with E-state index in [1.165, 1.54) is 25.7 Å². The van der Waals surface area contributed by atoms with E-state index in [1.807, 2.05) is 26.0 Å². The van der Waals surface area contributed by atoms with Crippen molar-refractivity contribution >= 4 is 17.3 Å². The third kappa shape index (κ3) is 2.54. The van der Waals surface area contributed by atoms with Crippen LogP contribution in [-0.4, -0.2) is 5.91 Å². The summed E-state index contributed by atoms with van der Waals surface area (Å²) >= 11 is 0. The van der Waals surface area contributed by atoms with Crippen LogP contribution in [0.3, 0.4) is 0 Å². The van der Waals surface area contributed by atoms with E-state index in [4.69, 9.17) is 5.73 Å².